The zero-order valence-corrected chi connectivity index (χ0v) is 11.0. The molecule has 3 saturated carbocycles. The molecule has 2 bridgehead atoms. The monoisotopic (exact) mass is 221 g/mol. The Morgan fingerprint density at radius 3 is 2.44 bits per heavy atom. The lowest BCUT2D eigenvalue weighted by Crippen LogP contribution is -2.50. The lowest BCUT2D eigenvalue weighted by atomic mass is 9.68. The quantitative estimate of drug-likeness (QED) is 0.755. The zero-order valence-electron chi connectivity index (χ0n) is 11.0. The molecule has 0 aliphatic heterocycles. The molecule has 0 amide bonds. The molecule has 92 valence electrons. The molecular formula is C15H27N. The molecule has 0 aromatic rings. The lowest BCUT2D eigenvalue weighted by molar-refractivity contribution is 0.144. The van der Waals surface area contributed by atoms with Crippen molar-refractivity contribution in [2.75, 3.05) is 0 Å². The largest absolute Gasteiger partial charge is 0.325 e. The molecule has 0 heterocycles. The Hall–Kier alpha value is -0.0400. The molecular weight excluding hydrogens is 194 g/mol. The van der Waals surface area contributed by atoms with Gasteiger partial charge in [0.25, 0.3) is 0 Å². The van der Waals surface area contributed by atoms with E-state index >= 15 is 0 Å². The Morgan fingerprint density at radius 2 is 1.94 bits per heavy atom. The highest BCUT2D eigenvalue weighted by Gasteiger charge is 2.50. The second kappa shape index (κ2) is 3.48. The molecule has 0 radical (unpaired) electrons. The third kappa shape index (κ3) is 1.54. The molecule has 0 saturated heterocycles. The van der Waals surface area contributed by atoms with Gasteiger partial charge in [0.2, 0.25) is 0 Å². The number of nitrogens with two attached hydrogens (primary N) is 1. The Bertz CT molecular complexity index is 283. The summed E-state index contributed by atoms with van der Waals surface area (Å²) in [6.07, 6.45) is 11.3. The summed E-state index contributed by atoms with van der Waals surface area (Å²) in [6, 6.07) is 0. The molecule has 2 N–H and O–H groups in total. The summed E-state index contributed by atoms with van der Waals surface area (Å²) in [5.41, 5.74) is 7.29. The fourth-order valence-electron chi connectivity index (χ4n) is 4.91. The summed E-state index contributed by atoms with van der Waals surface area (Å²) < 4.78 is 0. The molecule has 1 heteroatoms. The average Bonchev–Trinajstić information content (AvgIpc) is 2.83. The topological polar surface area (TPSA) is 26.0 Å². The summed E-state index contributed by atoms with van der Waals surface area (Å²) >= 11 is 0. The molecule has 16 heavy (non-hydrogen) atoms. The number of fused-ring (bicyclic) bond motifs is 2. The van der Waals surface area contributed by atoms with Crippen molar-refractivity contribution in [2.45, 2.75) is 70.8 Å². The van der Waals surface area contributed by atoms with Gasteiger partial charge in [-0.05, 0) is 61.7 Å². The van der Waals surface area contributed by atoms with E-state index in [0.717, 1.165) is 17.8 Å². The average molecular weight is 221 g/mol. The van der Waals surface area contributed by atoms with Gasteiger partial charge in [-0.3, -0.25) is 0 Å². The maximum absolute atomic E-state index is 6.75. The summed E-state index contributed by atoms with van der Waals surface area (Å²) in [5.74, 6) is 3.09. The maximum Gasteiger partial charge on any atom is 0.0208 e. The highest BCUT2D eigenvalue weighted by atomic mass is 14.8. The second-order valence-corrected chi connectivity index (χ2v) is 7.53. The molecule has 1 nitrogen and oxygen atoms in total. The van der Waals surface area contributed by atoms with Crippen LogP contribution in [-0.4, -0.2) is 5.54 Å². The highest BCUT2D eigenvalue weighted by Crippen LogP contribution is 2.55. The summed E-state index contributed by atoms with van der Waals surface area (Å²) in [6.45, 7) is 4.79. The van der Waals surface area contributed by atoms with Gasteiger partial charge in [-0.2, -0.15) is 0 Å². The van der Waals surface area contributed by atoms with Gasteiger partial charge in [0.05, 0.1) is 0 Å². The van der Waals surface area contributed by atoms with Crippen molar-refractivity contribution in [1.29, 1.82) is 0 Å². The van der Waals surface area contributed by atoms with Crippen molar-refractivity contribution in [3.8, 4) is 0 Å². The minimum Gasteiger partial charge on any atom is -0.325 e. The van der Waals surface area contributed by atoms with Crippen molar-refractivity contribution in [1.82, 2.24) is 0 Å². The van der Waals surface area contributed by atoms with E-state index in [1.807, 2.05) is 0 Å². The van der Waals surface area contributed by atoms with Crippen LogP contribution in [-0.2, 0) is 0 Å². The van der Waals surface area contributed by atoms with E-state index in [0.29, 0.717) is 5.41 Å². The predicted octanol–water partition coefficient (Wildman–Crippen LogP) is 3.72. The molecule has 4 unspecified atom stereocenters. The van der Waals surface area contributed by atoms with Crippen LogP contribution in [0.1, 0.15) is 65.2 Å². The van der Waals surface area contributed by atoms with Crippen LogP contribution in [0.4, 0.5) is 0 Å². The lowest BCUT2D eigenvalue weighted by Gasteiger charge is -2.41. The Labute approximate surface area is 100 Å². The van der Waals surface area contributed by atoms with E-state index in [-0.39, 0.29) is 5.54 Å². The maximum atomic E-state index is 6.75. The minimum absolute atomic E-state index is 0.155. The van der Waals surface area contributed by atoms with E-state index in [4.69, 9.17) is 5.73 Å². The molecule has 3 fully saturated rings. The summed E-state index contributed by atoms with van der Waals surface area (Å²) in [7, 11) is 0. The number of hydrogen-bond donors (Lipinski definition) is 1. The van der Waals surface area contributed by atoms with Gasteiger partial charge in [-0.1, -0.05) is 26.7 Å². The van der Waals surface area contributed by atoms with Crippen LogP contribution in [0.15, 0.2) is 0 Å². The number of hydrogen-bond acceptors (Lipinski definition) is 1. The molecule has 3 aliphatic rings. The van der Waals surface area contributed by atoms with Crippen LogP contribution in [0.25, 0.3) is 0 Å². The van der Waals surface area contributed by atoms with E-state index in [9.17, 15) is 0 Å². The first-order valence-electron chi connectivity index (χ1n) is 7.29. The zero-order chi connectivity index (χ0) is 11.4. The molecule has 0 aromatic heterocycles. The van der Waals surface area contributed by atoms with Crippen molar-refractivity contribution in [3.63, 3.8) is 0 Å². The minimum atomic E-state index is 0.155. The predicted molar refractivity (Wildman–Crippen MR) is 68.1 cm³/mol. The summed E-state index contributed by atoms with van der Waals surface area (Å²) in [4.78, 5) is 0. The molecule has 3 rings (SSSR count). The van der Waals surface area contributed by atoms with Crippen LogP contribution < -0.4 is 5.73 Å². The van der Waals surface area contributed by atoms with Crippen LogP contribution in [0.5, 0.6) is 0 Å². The van der Waals surface area contributed by atoms with Crippen LogP contribution in [0, 0.1) is 23.2 Å². The van der Waals surface area contributed by atoms with E-state index in [1.54, 1.807) is 0 Å². The van der Waals surface area contributed by atoms with Crippen molar-refractivity contribution in [3.05, 3.63) is 0 Å². The van der Waals surface area contributed by atoms with Crippen LogP contribution >= 0.6 is 0 Å². The van der Waals surface area contributed by atoms with E-state index < -0.39 is 0 Å². The molecule has 0 spiro atoms. The highest BCUT2D eigenvalue weighted by molar-refractivity contribution is 5.05. The first kappa shape index (κ1) is 11.1. The van der Waals surface area contributed by atoms with Crippen molar-refractivity contribution in [2.24, 2.45) is 28.9 Å². The van der Waals surface area contributed by atoms with Crippen LogP contribution in [0.2, 0.25) is 0 Å². The Morgan fingerprint density at radius 1 is 1.12 bits per heavy atom. The van der Waals surface area contributed by atoms with Crippen molar-refractivity contribution < 1.29 is 0 Å². The van der Waals surface area contributed by atoms with Crippen LogP contribution in [0.3, 0.4) is 0 Å². The van der Waals surface area contributed by atoms with Gasteiger partial charge in [0.1, 0.15) is 0 Å². The van der Waals surface area contributed by atoms with Gasteiger partial charge < -0.3 is 5.73 Å². The van der Waals surface area contributed by atoms with Gasteiger partial charge in [-0.15, -0.1) is 0 Å². The molecule has 0 aromatic carbocycles. The Balaban J connectivity index is 1.70. The van der Waals surface area contributed by atoms with E-state index in [1.165, 1.54) is 51.4 Å². The van der Waals surface area contributed by atoms with Crippen molar-refractivity contribution >= 4 is 0 Å². The van der Waals surface area contributed by atoms with Gasteiger partial charge in [0, 0.05) is 5.54 Å². The normalized spacial score (nSPS) is 50.1. The smallest absolute Gasteiger partial charge is 0.0208 e. The second-order valence-electron chi connectivity index (χ2n) is 7.53. The molecule has 3 aliphatic carbocycles. The van der Waals surface area contributed by atoms with Gasteiger partial charge >= 0.3 is 0 Å². The number of rotatable bonds is 2. The third-order valence-corrected chi connectivity index (χ3v) is 6.28. The SMILES string of the molecule is CC1(C)CCCC1(N)CC1CC2CCC1C2. The first-order chi connectivity index (χ1) is 7.50. The first-order valence-corrected chi connectivity index (χ1v) is 7.29. The fraction of sp³-hybridized carbons (Fsp3) is 1.00. The summed E-state index contributed by atoms with van der Waals surface area (Å²) in [5, 5.41) is 0. The van der Waals surface area contributed by atoms with E-state index in [2.05, 4.69) is 13.8 Å². The standard InChI is InChI=1S/C15H27N/c1-14(2)6-3-7-15(14,16)10-13-9-11-4-5-12(13)8-11/h11-13H,3-10,16H2,1-2H3. The Kier molecular flexibility index (Phi) is 2.41. The molecule has 4 atom stereocenters. The third-order valence-electron chi connectivity index (χ3n) is 6.28. The van der Waals surface area contributed by atoms with Gasteiger partial charge in [0.15, 0.2) is 0 Å². The van der Waals surface area contributed by atoms with Gasteiger partial charge in [-0.25, -0.2) is 0 Å². The fourth-order valence-corrected chi connectivity index (χ4v) is 4.91.